The Morgan fingerprint density at radius 3 is 2.34 bits per heavy atom. The van der Waals surface area contributed by atoms with Gasteiger partial charge in [0.15, 0.2) is 0 Å². The van der Waals surface area contributed by atoms with Crippen LogP contribution >= 0.6 is 0 Å². The average molecular weight is 450 g/mol. The lowest BCUT2D eigenvalue weighted by atomic mass is 10.2. The molecule has 164 valence electrons. The van der Waals surface area contributed by atoms with Gasteiger partial charge in [0.1, 0.15) is 13.1 Å². The van der Waals surface area contributed by atoms with E-state index >= 15 is 0 Å². The van der Waals surface area contributed by atoms with E-state index in [1.807, 2.05) is 13.0 Å². The fourth-order valence-electron chi connectivity index (χ4n) is 3.64. The van der Waals surface area contributed by atoms with Gasteiger partial charge < -0.3 is 5.32 Å². The summed E-state index contributed by atoms with van der Waals surface area (Å²) in [6.45, 7) is 3.05. The van der Waals surface area contributed by atoms with E-state index in [-0.39, 0.29) is 17.3 Å². The van der Waals surface area contributed by atoms with E-state index in [0.717, 1.165) is 9.87 Å². The lowest BCUT2D eigenvalue weighted by Gasteiger charge is -2.32. The van der Waals surface area contributed by atoms with Crippen LogP contribution in [0.25, 0.3) is 0 Å². The molecule has 1 N–H and O–H groups in total. The maximum Gasteiger partial charge on any atom is 0.264 e. The maximum absolute atomic E-state index is 13.6. The molecule has 0 aliphatic carbocycles. The molecule has 0 bridgehead atoms. The first-order valence-corrected chi connectivity index (χ1v) is 11.6. The number of carbonyl (C=O) groups is 2. The molecule has 1 aliphatic rings. The Morgan fingerprint density at radius 1 is 0.969 bits per heavy atom. The molecule has 7 nitrogen and oxygen atoms in total. The second-order valence-electron chi connectivity index (χ2n) is 7.66. The van der Waals surface area contributed by atoms with Crippen molar-refractivity contribution in [1.29, 1.82) is 0 Å². The predicted octanol–water partition coefficient (Wildman–Crippen LogP) is 3.48. The Morgan fingerprint density at radius 2 is 1.62 bits per heavy atom. The number of nitrogens with zero attached hydrogens (tertiary/aromatic N) is 2. The number of anilines is 3. The van der Waals surface area contributed by atoms with Crippen molar-refractivity contribution in [1.82, 2.24) is 0 Å². The first-order valence-electron chi connectivity index (χ1n) is 10.1. The van der Waals surface area contributed by atoms with Gasteiger partial charge in [-0.2, -0.15) is 0 Å². The summed E-state index contributed by atoms with van der Waals surface area (Å²) < 4.78 is 28.3. The summed E-state index contributed by atoms with van der Waals surface area (Å²) in [6.07, 6.45) is 0. The van der Waals surface area contributed by atoms with E-state index < -0.39 is 22.5 Å². The highest BCUT2D eigenvalue weighted by Crippen LogP contribution is 2.31. The van der Waals surface area contributed by atoms with E-state index in [9.17, 15) is 18.0 Å². The number of sulfonamides is 1. The SMILES string of the molecule is Cc1ccc(S(=O)(=O)N(CC(=O)N2CC(=O)Nc3ccccc32)c2ccccc2C)cc1. The number of benzene rings is 3. The summed E-state index contributed by atoms with van der Waals surface area (Å²) in [7, 11) is -4.03. The number of aryl methyl sites for hydroxylation is 2. The van der Waals surface area contributed by atoms with Gasteiger partial charge in [0.25, 0.3) is 10.0 Å². The summed E-state index contributed by atoms with van der Waals surface area (Å²) in [5.41, 5.74) is 3.11. The third-order valence-electron chi connectivity index (χ3n) is 5.34. The molecule has 0 aromatic heterocycles. The topological polar surface area (TPSA) is 86.8 Å². The highest BCUT2D eigenvalue weighted by Gasteiger charge is 2.33. The van der Waals surface area contributed by atoms with E-state index in [0.29, 0.717) is 22.6 Å². The maximum atomic E-state index is 13.6. The number of nitrogens with one attached hydrogen (secondary N) is 1. The highest BCUT2D eigenvalue weighted by molar-refractivity contribution is 7.92. The molecular weight excluding hydrogens is 426 g/mol. The molecule has 0 saturated carbocycles. The molecule has 0 spiro atoms. The average Bonchev–Trinajstić information content (AvgIpc) is 2.77. The van der Waals surface area contributed by atoms with Crippen molar-refractivity contribution in [2.45, 2.75) is 18.7 Å². The van der Waals surface area contributed by atoms with Gasteiger partial charge in [-0.3, -0.25) is 18.8 Å². The monoisotopic (exact) mass is 449 g/mol. The van der Waals surface area contributed by atoms with Gasteiger partial charge in [0, 0.05) is 0 Å². The van der Waals surface area contributed by atoms with Crippen LogP contribution in [-0.4, -0.2) is 33.3 Å². The van der Waals surface area contributed by atoms with Gasteiger partial charge in [0.05, 0.1) is 22.0 Å². The summed E-state index contributed by atoms with van der Waals surface area (Å²) >= 11 is 0. The Bertz CT molecular complexity index is 1290. The molecule has 3 aromatic rings. The zero-order valence-electron chi connectivity index (χ0n) is 17.8. The van der Waals surface area contributed by atoms with Crippen LogP contribution < -0.4 is 14.5 Å². The Hall–Kier alpha value is -3.65. The summed E-state index contributed by atoms with van der Waals surface area (Å²) in [6, 6.07) is 20.4. The minimum atomic E-state index is -4.03. The van der Waals surface area contributed by atoms with E-state index in [2.05, 4.69) is 5.32 Å². The number of fused-ring (bicyclic) bond motifs is 1. The molecule has 0 atom stereocenters. The van der Waals surface area contributed by atoms with Gasteiger partial charge >= 0.3 is 0 Å². The molecule has 32 heavy (non-hydrogen) atoms. The van der Waals surface area contributed by atoms with Crippen molar-refractivity contribution in [2.75, 3.05) is 27.6 Å². The third kappa shape index (κ3) is 4.09. The molecule has 0 unspecified atom stereocenters. The highest BCUT2D eigenvalue weighted by atomic mass is 32.2. The standard InChI is InChI=1S/C24H23N3O4S/c1-17-11-13-19(14-12-17)32(30,31)27(21-9-5-3-7-18(21)2)16-24(29)26-15-23(28)25-20-8-4-6-10-22(20)26/h3-14H,15-16H2,1-2H3,(H,25,28). The number of carbonyl (C=O) groups excluding carboxylic acids is 2. The first kappa shape index (κ1) is 21.6. The van der Waals surface area contributed by atoms with Gasteiger partial charge in [0.2, 0.25) is 11.8 Å². The normalized spacial score (nSPS) is 13.3. The van der Waals surface area contributed by atoms with Crippen molar-refractivity contribution in [3.8, 4) is 0 Å². The second kappa shape index (κ2) is 8.47. The molecule has 1 aliphatic heterocycles. The van der Waals surface area contributed by atoms with Crippen LogP contribution in [-0.2, 0) is 19.6 Å². The largest absolute Gasteiger partial charge is 0.323 e. The molecule has 3 aromatic carbocycles. The van der Waals surface area contributed by atoms with Crippen LogP contribution in [0.2, 0.25) is 0 Å². The summed E-state index contributed by atoms with van der Waals surface area (Å²) in [4.78, 5) is 27.0. The number of hydrogen-bond acceptors (Lipinski definition) is 4. The fourth-order valence-corrected chi connectivity index (χ4v) is 5.12. The minimum Gasteiger partial charge on any atom is -0.323 e. The number of hydrogen-bond donors (Lipinski definition) is 1. The van der Waals surface area contributed by atoms with Gasteiger partial charge in [-0.25, -0.2) is 8.42 Å². The quantitative estimate of drug-likeness (QED) is 0.646. The van der Waals surface area contributed by atoms with E-state index in [1.165, 1.54) is 17.0 Å². The fraction of sp³-hybridized carbons (Fsp3) is 0.167. The van der Waals surface area contributed by atoms with Crippen molar-refractivity contribution >= 4 is 38.9 Å². The zero-order valence-corrected chi connectivity index (χ0v) is 18.6. The van der Waals surface area contributed by atoms with Crippen LogP contribution in [0, 0.1) is 13.8 Å². The van der Waals surface area contributed by atoms with Crippen LogP contribution in [0.5, 0.6) is 0 Å². The molecular formula is C24H23N3O4S. The second-order valence-corrected chi connectivity index (χ2v) is 9.52. The molecule has 0 fully saturated rings. The predicted molar refractivity (Wildman–Crippen MR) is 124 cm³/mol. The van der Waals surface area contributed by atoms with Crippen LogP contribution in [0.15, 0.2) is 77.7 Å². The summed E-state index contributed by atoms with van der Waals surface area (Å²) in [5.74, 6) is -0.827. The van der Waals surface area contributed by atoms with Crippen molar-refractivity contribution in [2.24, 2.45) is 0 Å². The molecule has 0 radical (unpaired) electrons. The van der Waals surface area contributed by atoms with Crippen LogP contribution in [0.1, 0.15) is 11.1 Å². The zero-order chi connectivity index (χ0) is 22.9. The number of para-hydroxylation sites is 3. The Labute approximate surface area is 187 Å². The van der Waals surface area contributed by atoms with Crippen molar-refractivity contribution in [3.63, 3.8) is 0 Å². The minimum absolute atomic E-state index is 0.0935. The first-order chi connectivity index (χ1) is 15.3. The van der Waals surface area contributed by atoms with Gasteiger partial charge in [-0.1, -0.05) is 48.0 Å². The van der Waals surface area contributed by atoms with Crippen LogP contribution in [0.3, 0.4) is 0 Å². The molecule has 1 heterocycles. The van der Waals surface area contributed by atoms with Gasteiger partial charge in [-0.15, -0.1) is 0 Å². The smallest absolute Gasteiger partial charge is 0.264 e. The van der Waals surface area contributed by atoms with Gasteiger partial charge in [-0.05, 0) is 49.7 Å². The number of rotatable bonds is 5. The Kier molecular flexibility index (Phi) is 5.71. The van der Waals surface area contributed by atoms with E-state index in [4.69, 9.17) is 0 Å². The van der Waals surface area contributed by atoms with Crippen LogP contribution in [0.4, 0.5) is 17.1 Å². The molecule has 0 saturated heterocycles. The summed E-state index contributed by atoms with van der Waals surface area (Å²) in [5, 5.41) is 2.74. The molecule has 4 rings (SSSR count). The third-order valence-corrected chi connectivity index (χ3v) is 7.12. The van der Waals surface area contributed by atoms with Crippen molar-refractivity contribution < 1.29 is 18.0 Å². The van der Waals surface area contributed by atoms with Crippen molar-refractivity contribution in [3.05, 3.63) is 83.9 Å². The lowest BCUT2D eigenvalue weighted by Crippen LogP contribution is -2.48. The Balaban J connectivity index is 1.75. The van der Waals surface area contributed by atoms with E-state index in [1.54, 1.807) is 61.5 Å². The molecule has 8 heteroatoms. The molecule has 2 amide bonds. The lowest BCUT2D eigenvalue weighted by molar-refractivity contribution is -0.121. The number of amides is 2.